The second kappa shape index (κ2) is 8.36. The first-order valence-electron chi connectivity index (χ1n) is 7.64. The minimum atomic E-state index is -3.89. The van der Waals surface area contributed by atoms with Gasteiger partial charge in [-0.25, -0.2) is 22.0 Å². The smallest absolute Gasteiger partial charge is 0.242 e. The van der Waals surface area contributed by atoms with Crippen LogP contribution in [0.15, 0.2) is 53.4 Å². The van der Waals surface area contributed by atoms with Gasteiger partial charge in [-0.1, -0.05) is 23.7 Å². The molecule has 0 radical (unpaired) electrons. The molecule has 0 fully saturated rings. The van der Waals surface area contributed by atoms with E-state index in [-0.39, 0.29) is 10.6 Å². The van der Waals surface area contributed by atoms with Gasteiger partial charge in [-0.2, -0.15) is 4.72 Å². The third-order valence-corrected chi connectivity index (χ3v) is 5.98. The van der Waals surface area contributed by atoms with E-state index in [4.69, 9.17) is 16.7 Å². The lowest BCUT2D eigenvalue weighted by Gasteiger charge is -2.15. The molecule has 0 aliphatic carbocycles. The lowest BCUT2D eigenvalue weighted by atomic mass is 10.2. The summed E-state index contributed by atoms with van der Waals surface area (Å²) in [6.07, 6.45) is 0. The Hall–Kier alpha value is -1.98. The second-order valence-corrected chi connectivity index (χ2v) is 9.56. The number of anilines is 1. The molecule has 11 heteroatoms. The Morgan fingerprint density at radius 1 is 1.04 bits per heavy atom. The normalized spacial score (nSPS) is 13.1. The molecular weight excluding hydrogens is 414 g/mol. The van der Waals surface area contributed by atoms with Crippen molar-refractivity contribution in [2.75, 3.05) is 5.32 Å². The van der Waals surface area contributed by atoms with Crippen LogP contribution in [-0.4, -0.2) is 28.8 Å². The summed E-state index contributed by atoms with van der Waals surface area (Å²) >= 11 is 5.74. The molecule has 0 bridgehead atoms. The molecule has 2 aromatic rings. The summed E-state index contributed by atoms with van der Waals surface area (Å²) in [5.74, 6) is -0.898. The Morgan fingerprint density at radius 3 is 2.11 bits per heavy atom. The first-order chi connectivity index (χ1) is 12.5. The lowest BCUT2D eigenvalue weighted by molar-refractivity contribution is -0.117. The van der Waals surface area contributed by atoms with E-state index in [1.54, 1.807) is 0 Å². The van der Waals surface area contributed by atoms with E-state index < -0.39 is 32.0 Å². The third-order valence-electron chi connectivity index (χ3n) is 3.44. The number of carbonyl (C=O) groups is 1. The standard InChI is InChI=1S/C16H18ClN3O5S2/c1-11(20-27(24,25)15-8-4-13(17)5-9-15)16(21)19-14-6-2-12(3-7-14)10-26(18,22)23/h2-9,11,20H,10H2,1H3,(H,19,21)(H2,18,22,23)/t11-/m0/s1. The molecule has 2 aromatic carbocycles. The summed E-state index contributed by atoms with van der Waals surface area (Å²) in [6.45, 7) is 1.40. The maximum Gasteiger partial charge on any atom is 0.242 e. The number of hydrogen-bond donors (Lipinski definition) is 3. The zero-order valence-corrected chi connectivity index (χ0v) is 16.6. The highest BCUT2D eigenvalue weighted by molar-refractivity contribution is 7.89. The van der Waals surface area contributed by atoms with Crippen LogP contribution in [0.4, 0.5) is 5.69 Å². The van der Waals surface area contributed by atoms with E-state index in [1.807, 2.05) is 0 Å². The van der Waals surface area contributed by atoms with Gasteiger partial charge in [0.1, 0.15) is 0 Å². The molecule has 146 valence electrons. The number of sulfonamides is 2. The van der Waals surface area contributed by atoms with Gasteiger partial charge in [0.25, 0.3) is 0 Å². The highest BCUT2D eigenvalue weighted by Crippen LogP contribution is 2.15. The Balaban J connectivity index is 2.02. The Labute approximate surface area is 162 Å². The van der Waals surface area contributed by atoms with Crippen molar-refractivity contribution in [1.29, 1.82) is 0 Å². The minimum absolute atomic E-state index is 0.0149. The Bertz CT molecular complexity index is 1020. The molecule has 8 nitrogen and oxygen atoms in total. The van der Waals surface area contributed by atoms with Crippen LogP contribution in [0.25, 0.3) is 0 Å². The maximum absolute atomic E-state index is 12.3. The van der Waals surface area contributed by atoms with Crippen molar-refractivity contribution < 1.29 is 21.6 Å². The van der Waals surface area contributed by atoms with Gasteiger partial charge >= 0.3 is 0 Å². The molecule has 2 rings (SSSR count). The van der Waals surface area contributed by atoms with Crippen LogP contribution in [0, 0.1) is 0 Å². The zero-order valence-electron chi connectivity index (χ0n) is 14.2. The van der Waals surface area contributed by atoms with Gasteiger partial charge in [0.15, 0.2) is 0 Å². The van der Waals surface area contributed by atoms with Crippen LogP contribution < -0.4 is 15.2 Å². The van der Waals surface area contributed by atoms with Crippen LogP contribution in [0.5, 0.6) is 0 Å². The zero-order chi connectivity index (χ0) is 20.2. The van der Waals surface area contributed by atoms with Crippen LogP contribution in [0.2, 0.25) is 5.02 Å². The first kappa shape index (κ1) is 21.3. The fourth-order valence-corrected chi connectivity index (χ4v) is 4.12. The van der Waals surface area contributed by atoms with Crippen LogP contribution in [-0.2, 0) is 30.6 Å². The second-order valence-electron chi connectivity index (χ2n) is 5.79. The van der Waals surface area contributed by atoms with E-state index in [0.29, 0.717) is 16.3 Å². The molecule has 0 unspecified atom stereocenters. The van der Waals surface area contributed by atoms with Crippen molar-refractivity contribution in [1.82, 2.24) is 4.72 Å². The van der Waals surface area contributed by atoms with E-state index in [9.17, 15) is 21.6 Å². The average molecular weight is 432 g/mol. The van der Waals surface area contributed by atoms with Crippen molar-refractivity contribution in [2.24, 2.45) is 5.14 Å². The van der Waals surface area contributed by atoms with Crippen molar-refractivity contribution in [3.8, 4) is 0 Å². The number of amides is 1. The summed E-state index contributed by atoms with van der Waals surface area (Å²) in [5, 5.41) is 7.91. The van der Waals surface area contributed by atoms with E-state index in [0.717, 1.165) is 0 Å². The van der Waals surface area contributed by atoms with Crippen molar-refractivity contribution >= 4 is 43.2 Å². The quantitative estimate of drug-likeness (QED) is 0.609. The monoisotopic (exact) mass is 431 g/mol. The number of nitrogens with two attached hydrogens (primary N) is 1. The fourth-order valence-electron chi connectivity index (χ4n) is 2.14. The summed E-state index contributed by atoms with van der Waals surface area (Å²) in [6, 6.07) is 10.5. The summed E-state index contributed by atoms with van der Waals surface area (Å²) in [5.41, 5.74) is 0.850. The molecule has 27 heavy (non-hydrogen) atoms. The summed E-state index contributed by atoms with van der Waals surface area (Å²) in [7, 11) is -7.54. The van der Waals surface area contributed by atoms with Gasteiger partial charge in [0.2, 0.25) is 26.0 Å². The number of primary sulfonamides is 1. The number of benzene rings is 2. The molecule has 0 aliphatic heterocycles. The average Bonchev–Trinajstić information content (AvgIpc) is 2.55. The topological polar surface area (TPSA) is 135 Å². The molecule has 0 spiro atoms. The highest BCUT2D eigenvalue weighted by atomic mass is 35.5. The van der Waals surface area contributed by atoms with Gasteiger partial charge < -0.3 is 5.32 Å². The Morgan fingerprint density at radius 2 is 1.59 bits per heavy atom. The lowest BCUT2D eigenvalue weighted by Crippen LogP contribution is -2.41. The van der Waals surface area contributed by atoms with Crippen molar-refractivity contribution in [3.63, 3.8) is 0 Å². The molecule has 0 heterocycles. The van der Waals surface area contributed by atoms with E-state index >= 15 is 0 Å². The van der Waals surface area contributed by atoms with E-state index in [1.165, 1.54) is 55.5 Å². The van der Waals surface area contributed by atoms with Crippen LogP contribution in [0.3, 0.4) is 0 Å². The van der Waals surface area contributed by atoms with E-state index in [2.05, 4.69) is 10.0 Å². The molecule has 0 saturated heterocycles. The van der Waals surface area contributed by atoms with Crippen LogP contribution in [0.1, 0.15) is 12.5 Å². The maximum atomic E-state index is 12.3. The number of halogens is 1. The third kappa shape index (κ3) is 6.60. The number of rotatable bonds is 7. The Kier molecular flexibility index (Phi) is 6.60. The molecule has 0 saturated carbocycles. The molecular formula is C16H18ClN3O5S2. The number of nitrogens with one attached hydrogen (secondary N) is 2. The van der Waals surface area contributed by atoms with Crippen molar-refractivity contribution in [3.05, 3.63) is 59.1 Å². The van der Waals surface area contributed by atoms with Gasteiger partial charge in [0.05, 0.1) is 16.7 Å². The van der Waals surface area contributed by atoms with Gasteiger partial charge in [-0.3, -0.25) is 4.79 Å². The largest absolute Gasteiger partial charge is 0.325 e. The van der Waals surface area contributed by atoms with Gasteiger partial charge in [-0.15, -0.1) is 0 Å². The fraction of sp³-hybridized carbons (Fsp3) is 0.188. The SMILES string of the molecule is C[C@H](NS(=O)(=O)c1ccc(Cl)cc1)C(=O)Nc1ccc(CS(N)(=O)=O)cc1. The molecule has 1 atom stereocenters. The summed E-state index contributed by atoms with van der Waals surface area (Å²) < 4.78 is 49.0. The number of hydrogen-bond acceptors (Lipinski definition) is 5. The molecule has 0 aliphatic rings. The van der Waals surface area contributed by atoms with Crippen LogP contribution >= 0.6 is 11.6 Å². The molecule has 1 amide bonds. The van der Waals surface area contributed by atoms with Gasteiger partial charge in [0, 0.05) is 10.7 Å². The first-order valence-corrected chi connectivity index (χ1v) is 11.2. The van der Waals surface area contributed by atoms with Crippen molar-refractivity contribution in [2.45, 2.75) is 23.6 Å². The summed E-state index contributed by atoms with van der Waals surface area (Å²) in [4.78, 5) is 12.2. The van der Waals surface area contributed by atoms with Gasteiger partial charge in [-0.05, 0) is 48.9 Å². The molecule has 0 aromatic heterocycles. The number of carbonyl (C=O) groups excluding carboxylic acids is 1. The predicted molar refractivity (Wildman–Crippen MR) is 103 cm³/mol. The minimum Gasteiger partial charge on any atom is -0.325 e. The predicted octanol–water partition coefficient (Wildman–Crippen LogP) is 1.43. The highest BCUT2D eigenvalue weighted by Gasteiger charge is 2.22. The molecule has 4 N–H and O–H groups in total.